The van der Waals surface area contributed by atoms with E-state index in [4.69, 9.17) is 0 Å². The third-order valence-corrected chi connectivity index (χ3v) is 2.56. The Morgan fingerprint density at radius 2 is 2.00 bits per heavy atom. The number of hydrogen-bond acceptors (Lipinski definition) is 2. The van der Waals surface area contributed by atoms with Crippen molar-refractivity contribution >= 4 is 16.9 Å². The lowest BCUT2D eigenvalue weighted by Gasteiger charge is -1.96. The van der Waals surface area contributed by atoms with Crippen molar-refractivity contribution in [1.29, 1.82) is 0 Å². The fourth-order valence-electron chi connectivity index (χ4n) is 1.01. The van der Waals surface area contributed by atoms with Crippen molar-refractivity contribution < 1.29 is 4.79 Å². The normalized spacial score (nSPS) is 10.6. The molecule has 0 heterocycles. The van der Waals surface area contributed by atoms with E-state index in [0.717, 1.165) is 11.3 Å². The zero-order valence-electron chi connectivity index (χ0n) is 8.27. The van der Waals surface area contributed by atoms with Gasteiger partial charge in [-0.3, -0.25) is 4.79 Å². The molecule has 0 bridgehead atoms. The Morgan fingerprint density at radius 1 is 1.29 bits per heavy atom. The zero-order chi connectivity index (χ0) is 10.2. The first-order chi connectivity index (χ1) is 6.83. The van der Waals surface area contributed by atoms with Gasteiger partial charge in [-0.25, -0.2) is 0 Å². The van der Waals surface area contributed by atoms with Gasteiger partial charge >= 0.3 is 0 Å². The number of carbonyl (C=O) groups is 1. The first-order valence-corrected chi connectivity index (χ1v) is 5.55. The van der Waals surface area contributed by atoms with Gasteiger partial charge < -0.3 is 0 Å². The van der Waals surface area contributed by atoms with Gasteiger partial charge in [-0.15, -0.1) is 0 Å². The molecule has 0 saturated heterocycles. The van der Waals surface area contributed by atoms with Crippen LogP contribution in [-0.2, 0) is 4.79 Å². The number of hydrogen-bond donors (Lipinski definition) is 0. The molecule has 0 aliphatic rings. The Bertz CT molecular complexity index is 303. The Morgan fingerprint density at radius 3 is 2.64 bits per heavy atom. The van der Waals surface area contributed by atoms with E-state index in [1.54, 1.807) is 0 Å². The predicted octanol–water partition coefficient (Wildman–Crippen LogP) is 3.66. The third-order valence-electron chi connectivity index (χ3n) is 1.66. The molecule has 0 spiro atoms. The molecule has 1 nitrogen and oxygen atoms in total. The number of benzene rings is 1. The van der Waals surface area contributed by atoms with Gasteiger partial charge in [0.2, 0.25) is 0 Å². The third kappa shape index (κ3) is 4.28. The zero-order valence-corrected chi connectivity index (χ0v) is 9.09. The Balaban J connectivity index is 2.38. The van der Waals surface area contributed by atoms with Crippen molar-refractivity contribution in [2.24, 2.45) is 0 Å². The van der Waals surface area contributed by atoms with Gasteiger partial charge in [0.1, 0.15) is 0 Å². The molecule has 0 aromatic heterocycles. The minimum Gasteiger partial charge on any atom is -0.286 e. The van der Waals surface area contributed by atoms with Gasteiger partial charge in [0.25, 0.3) is 0 Å². The molecule has 14 heavy (non-hydrogen) atoms. The molecule has 0 aliphatic carbocycles. The summed E-state index contributed by atoms with van der Waals surface area (Å²) in [6.07, 6.45) is 5.46. The van der Waals surface area contributed by atoms with E-state index in [1.165, 1.54) is 11.8 Å². The number of thioether (sulfide) groups is 1. The predicted molar refractivity (Wildman–Crippen MR) is 61.4 cm³/mol. The van der Waals surface area contributed by atoms with Crippen molar-refractivity contribution in [1.82, 2.24) is 0 Å². The van der Waals surface area contributed by atoms with Crippen LogP contribution in [0, 0.1) is 0 Å². The smallest absolute Gasteiger partial charge is 0.197 e. The van der Waals surface area contributed by atoms with E-state index < -0.39 is 0 Å². The fourth-order valence-corrected chi connectivity index (χ4v) is 1.74. The summed E-state index contributed by atoms with van der Waals surface area (Å²) in [4.78, 5) is 12.4. The van der Waals surface area contributed by atoms with E-state index >= 15 is 0 Å². The average Bonchev–Trinajstić information content (AvgIpc) is 2.20. The summed E-state index contributed by atoms with van der Waals surface area (Å²) in [5.74, 6) is 0. The van der Waals surface area contributed by atoms with Gasteiger partial charge in [0, 0.05) is 11.3 Å². The molecule has 74 valence electrons. The second-order valence-electron chi connectivity index (χ2n) is 2.87. The van der Waals surface area contributed by atoms with Gasteiger partial charge in [-0.2, -0.15) is 0 Å². The van der Waals surface area contributed by atoms with E-state index in [0.29, 0.717) is 6.42 Å². The van der Waals surface area contributed by atoms with Crippen LogP contribution in [0.3, 0.4) is 0 Å². The van der Waals surface area contributed by atoms with Crippen molar-refractivity contribution in [3.63, 3.8) is 0 Å². The standard InChI is InChI=1S/C12H14OS/c1-2-3-5-10-12(13)14-11-8-6-4-7-9-11/h3-9H,2,10H2,1H3/b5-3+. The molecule has 0 aliphatic heterocycles. The second-order valence-corrected chi connectivity index (χ2v) is 4.00. The number of allylic oxidation sites excluding steroid dienone is 2. The highest BCUT2D eigenvalue weighted by molar-refractivity contribution is 8.13. The summed E-state index contributed by atoms with van der Waals surface area (Å²) in [7, 11) is 0. The summed E-state index contributed by atoms with van der Waals surface area (Å²) >= 11 is 1.30. The largest absolute Gasteiger partial charge is 0.286 e. The summed E-state index contributed by atoms with van der Waals surface area (Å²) in [5.41, 5.74) is 0. The summed E-state index contributed by atoms with van der Waals surface area (Å²) in [6, 6.07) is 9.73. The van der Waals surface area contributed by atoms with Crippen LogP contribution in [0.4, 0.5) is 0 Å². The molecule has 0 amide bonds. The summed E-state index contributed by atoms with van der Waals surface area (Å²) < 4.78 is 0. The van der Waals surface area contributed by atoms with Crippen LogP contribution in [0.5, 0.6) is 0 Å². The molecule has 1 rings (SSSR count). The van der Waals surface area contributed by atoms with E-state index in [2.05, 4.69) is 6.92 Å². The molecule has 0 fully saturated rings. The summed E-state index contributed by atoms with van der Waals surface area (Å²) in [6.45, 7) is 2.06. The SMILES string of the molecule is CC/C=C/CC(=O)Sc1ccccc1. The average molecular weight is 206 g/mol. The highest BCUT2D eigenvalue weighted by Crippen LogP contribution is 2.19. The van der Waals surface area contributed by atoms with E-state index in [9.17, 15) is 4.79 Å². The van der Waals surface area contributed by atoms with Gasteiger partial charge in [0.15, 0.2) is 5.12 Å². The van der Waals surface area contributed by atoms with Crippen LogP contribution < -0.4 is 0 Å². The topological polar surface area (TPSA) is 17.1 Å². The number of rotatable bonds is 4. The molecule has 0 radical (unpaired) electrons. The minimum atomic E-state index is 0.195. The maximum absolute atomic E-state index is 11.4. The fraction of sp³-hybridized carbons (Fsp3) is 0.250. The van der Waals surface area contributed by atoms with Crippen LogP contribution in [0.25, 0.3) is 0 Å². The molecular formula is C12H14OS. The summed E-state index contributed by atoms with van der Waals surface area (Å²) in [5, 5.41) is 0.195. The van der Waals surface area contributed by atoms with Crippen LogP contribution in [-0.4, -0.2) is 5.12 Å². The minimum absolute atomic E-state index is 0.195. The van der Waals surface area contributed by atoms with Gasteiger partial charge in [-0.05, 0) is 18.6 Å². The quantitative estimate of drug-likeness (QED) is 0.552. The Hall–Kier alpha value is -1.02. The molecule has 0 unspecified atom stereocenters. The Labute approximate surface area is 89.2 Å². The van der Waals surface area contributed by atoms with Crippen LogP contribution >= 0.6 is 11.8 Å². The Kier molecular flexibility index (Phi) is 5.08. The maximum Gasteiger partial charge on any atom is 0.197 e. The monoisotopic (exact) mass is 206 g/mol. The van der Waals surface area contributed by atoms with Crippen molar-refractivity contribution in [3.8, 4) is 0 Å². The van der Waals surface area contributed by atoms with Crippen LogP contribution in [0.1, 0.15) is 19.8 Å². The molecule has 1 aromatic carbocycles. The van der Waals surface area contributed by atoms with Crippen molar-refractivity contribution in [2.45, 2.75) is 24.7 Å². The molecule has 0 N–H and O–H groups in total. The highest BCUT2D eigenvalue weighted by Gasteiger charge is 2.00. The van der Waals surface area contributed by atoms with E-state index in [1.807, 2.05) is 42.5 Å². The lowest BCUT2D eigenvalue weighted by atomic mass is 10.3. The first kappa shape index (κ1) is 11.1. The molecule has 1 aromatic rings. The molecule has 0 atom stereocenters. The van der Waals surface area contributed by atoms with E-state index in [-0.39, 0.29) is 5.12 Å². The van der Waals surface area contributed by atoms with Crippen molar-refractivity contribution in [3.05, 3.63) is 42.5 Å². The molecule has 0 saturated carbocycles. The second kappa shape index (κ2) is 6.44. The van der Waals surface area contributed by atoms with Crippen LogP contribution in [0.2, 0.25) is 0 Å². The highest BCUT2D eigenvalue weighted by atomic mass is 32.2. The van der Waals surface area contributed by atoms with Gasteiger partial charge in [0.05, 0.1) is 0 Å². The molecule has 2 heteroatoms. The first-order valence-electron chi connectivity index (χ1n) is 4.73. The maximum atomic E-state index is 11.4. The van der Waals surface area contributed by atoms with Crippen molar-refractivity contribution in [2.75, 3.05) is 0 Å². The molecular weight excluding hydrogens is 192 g/mol. The number of carbonyl (C=O) groups excluding carboxylic acids is 1. The lowest BCUT2D eigenvalue weighted by molar-refractivity contribution is -0.110. The lowest BCUT2D eigenvalue weighted by Crippen LogP contribution is -1.87. The van der Waals surface area contributed by atoms with Crippen LogP contribution in [0.15, 0.2) is 47.4 Å². The van der Waals surface area contributed by atoms with Gasteiger partial charge in [-0.1, -0.05) is 49.0 Å².